The zero-order valence-corrected chi connectivity index (χ0v) is 24.5. The lowest BCUT2D eigenvalue weighted by Crippen LogP contribution is -2.46. The van der Waals surface area contributed by atoms with Crippen molar-refractivity contribution in [1.29, 1.82) is 0 Å². The highest BCUT2D eigenvalue weighted by atomic mass is 32.2. The second-order valence-electron chi connectivity index (χ2n) is 6.62. The lowest BCUT2D eigenvalue weighted by molar-refractivity contribution is 0.0704. The minimum absolute atomic E-state index is 0.634. The summed E-state index contributed by atoms with van der Waals surface area (Å²) < 4.78 is 35.5. The molecule has 0 heterocycles. The Hall–Kier alpha value is 0.634. The van der Waals surface area contributed by atoms with Gasteiger partial charge in [0, 0.05) is 51.7 Å². The van der Waals surface area contributed by atoms with E-state index >= 15 is 0 Å². The molecule has 0 aromatic rings. The van der Waals surface area contributed by atoms with Crippen LogP contribution in [-0.4, -0.2) is 68.8 Å². The largest absolute Gasteiger partial charge is 0.500 e. The predicted molar refractivity (Wildman–Crippen MR) is 139 cm³/mol. The second-order valence-corrected chi connectivity index (χ2v) is 14.4. The van der Waals surface area contributed by atoms with E-state index in [1.807, 2.05) is 65.1 Å². The molecule has 0 aliphatic carbocycles. The normalized spacial score (nSPS) is 13.2. The monoisotopic (exact) mass is 514 g/mol. The van der Waals surface area contributed by atoms with Crippen LogP contribution < -0.4 is 0 Å². The van der Waals surface area contributed by atoms with Gasteiger partial charge >= 0.3 is 17.6 Å². The number of allylic oxidation sites excluding steroid dienone is 1. The molecule has 10 heteroatoms. The summed E-state index contributed by atoms with van der Waals surface area (Å²) in [7, 11) is -5.02. The average molecular weight is 515 g/mol. The lowest BCUT2D eigenvalue weighted by Gasteiger charge is -2.28. The van der Waals surface area contributed by atoms with Crippen LogP contribution in [0.2, 0.25) is 12.1 Å². The zero-order valence-electron chi connectivity index (χ0n) is 20.8. The van der Waals surface area contributed by atoms with Crippen LogP contribution in [0.5, 0.6) is 0 Å². The van der Waals surface area contributed by atoms with Crippen LogP contribution in [0.15, 0.2) is 10.3 Å². The molecule has 0 N–H and O–H groups in total. The zero-order chi connectivity index (χ0) is 23.4. The molecule has 0 rings (SSSR count). The van der Waals surface area contributed by atoms with Gasteiger partial charge in [-0.05, 0) is 83.1 Å². The molecule has 0 aliphatic rings. The molecule has 0 radical (unpaired) electrons. The maximum absolute atomic E-state index is 5.93. The summed E-state index contributed by atoms with van der Waals surface area (Å²) in [6.45, 7) is 18.0. The molecule has 0 aliphatic heterocycles. The van der Waals surface area contributed by atoms with E-state index in [4.69, 9.17) is 26.6 Å². The Balaban J connectivity index is 4.32. The van der Waals surface area contributed by atoms with Crippen LogP contribution in [0, 0.1) is 0 Å². The number of thioether (sulfide) groups is 2. The summed E-state index contributed by atoms with van der Waals surface area (Å²) in [5.41, 5.74) is 0. The molecule has 0 unspecified atom stereocenters. The first-order chi connectivity index (χ1) is 15.0. The van der Waals surface area contributed by atoms with Crippen LogP contribution in [-0.2, 0) is 26.6 Å². The van der Waals surface area contributed by atoms with Crippen molar-refractivity contribution < 1.29 is 26.6 Å². The Morgan fingerprint density at radius 1 is 0.613 bits per heavy atom. The van der Waals surface area contributed by atoms with Crippen molar-refractivity contribution in [2.24, 2.45) is 0 Å². The fraction of sp³-hybridized carbons (Fsp3) is 0.905. The molecule has 0 saturated heterocycles. The molecule has 0 aromatic heterocycles. The standard InChI is InChI=1S/C21H46O6S2Si2/c1-8-22-30(23-9-2,24-10-3)18-14-16-28-20-21(7)29-17-15-19-31(25-11-4,26-12-5)27-13-6/h20H,8-19H2,1-7H3. The highest BCUT2D eigenvalue weighted by molar-refractivity contribution is 8.06. The Morgan fingerprint density at radius 2 is 0.968 bits per heavy atom. The van der Waals surface area contributed by atoms with Crippen LogP contribution in [0.25, 0.3) is 0 Å². The third-order valence-corrected chi connectivity index (χ3v) is 12.7. The van der Waals surface area contributed by atoms with Crippen LogP contribution in [0.3, 0.4) is 0 Å². The van der Waals surface area contributed by atoms with Crippen molar-refractivity contribution in [2.75, 3.05) is 51.1 Å². The molecule has 0 atom stereocenters. The van der Waals surface area contributed by atoms with E-state index < -0.39 is 17.6 Å². The number of rotatable bonds is 22. The van der Waals surface area contributed by atoms with E-state index in [1.165, 1.54) is 4.91 Å². The van der Waals surface area contributed by atoms with E-state index in [0.717, 1.165) is 36.4 Å². The van der Waals surface area contributed by atoms with Gasteiger partial charge in [0.15, 0.2) is 0 Å². The van der Waals surface area contributed by atoms with Crippen molar-refractivity contribution in [3.05, 3.63) is 10.3 Å². The number of hydrogen-bond acceptors (Lipinski definition) is 8. The van der Waals surface area contributed by atoms with Gasteiger partial charge in [-0.3, -0.25) is 0 Å². The van der Waals surface area contributed by atoms with Gasteiger partial charge in [0.05, 0.1) is 0 Å². The first-order valence-electron chi connectivity index (χ1n) is 11.7. The molecular formula is C21H46O6S2Si2. The van der Waals surface area contributed by atoms with Gasteiger partial charge in [-0.15, -0.1) is 23.5 Å². The molecule has 0 bridgehead atoms. The summed E-state index contributed by atoms with van der Waals surface area (Å²) in [6.07, 6.45) is 2.05. The molecule has 31 heavy (non-hydrogen) atoms. The Bertz CT molecular complexity index is 424. The van der Waals surface area contributed by atoms with Crippen molar-refractivity contribution in [3.63, 3.8) is 0 Å². The SMILES string of the molecule is CCO[Si](CCCSC=C(C)SCCC[Si](OCC)(OCC)OCC)(OCC)OCC. The third-order valence-electron chi connectivity index (χ3n) is 4.14. The summed E-state index contributed by atoms with van der Waals surface area (Å²) in [6, 6.07) is 1.74. The molecular weight excluding hydrogens is 469 g/mol. The molecule has 186 valence electrons. The molecule has 0 saturated carbocycles. The maximum atomic E-state index is 5.93. The maximum Gasteiger partial charge on any atom is 0.500 e. The molecule has 0 amide bonds. The Kier molecular flexibility index (Phi) is 20.5. The average Bonchev–Trinajstić information content (AvgIpc) is 2.72. The predicted octanol–water partition coefficient (Wildman–Crippen LogP) is 6.19. The molecule has 0 fully saturated rings. The van der Waals surface area contributed by atoms with E-state index in [1.54, 1.807) is 0 Å². The second kappa shape index (κ2) is 20.0. The van der Waals surface area contributed by atoms with E-state index in [2.05, 4.69) is 12.3 Å². The minimum Gasteiger partial charge on any atom is -0.374 e. The topological polar surface area (TPSA) is 55.4 Å². The van der Waals surface area contributed by atoms with Gasteiger partial charge in [0.25, 0.3) is 0 Å². The fourth-order valence-electron chi connectivity index (χ4n) is 3.11. The summed E-state index contributed by atoms with van der Waals surface area (Å²) >= 11 is 3.74. The van der Waals surface area contributed by atoms with E-state index in [0.29, 0.717) is 39.6 Å². The molecule has 6 nitrogen and oxygen atoms in total. The van der Waals surface area contributed by atoms with Crippen molar-refractivity contribution >= 4 is 41.1 Å². The van der Waals surface area contributed by atoms with Crippen molar-refractivity contribution in [1.82, 2.24) is 0 Å². The first-order valence-corrected chi connectivity index (χ1v) is 17.6. The van der Waals surface area contributed by atoms with Crippen molar-refractivity contribution in [2.45, 2.75) is 73.4 Å². The lowest BCUT2D eigenvalue weighted by atomic mass is 10.6. The molecule has 0 aromatic carbocycles. The van der Waals surface area contributed by atoms with Crippen molar-refractivity contribution in [3.8, 4) is 0 Å². The summed E-state index contributed by atoms with van der Waals surface area (Å²) in [5, 5.41) is 2.26. The van der Waals surface area contributed by atoms with Crippen LogP contribution >= 0.6 is 23.5 Å². The number of hydrogen-bond donors (Lipinski definition) is 0. The van der Waals surface area contributed by atoms with E-state index in [9.17, 15) is 0 Å². The summed E-state index contributed by atoms with van der Waals surface area (Å²) in [5.74, 6) is 2.08. The van der Waals surface area contributed by atoms with Gasteiger partial charge in [0.2, 0.25) is 0 Å². The smallest absolute Gasteiger partial charge is 0.374 e. The fourth-order valence-corrected chi connectivity index (χ4v) is 10.6. The quantitative estimate of drug-likeness (QED) is 0.125. The molecule has 0 spiro atoms. The van der Waals surface area contributed by atoms with Gasteiger partial charge in [-0.1, -0.05) is 0 Å². The highest BCUT2D eigenvalue weighted by Gasteiger charge is 2.40. The minimum atomic E-state index is -2.51. The van der Waals surface area contributed by atoms with E-state index in [-0.39, 0.29) is 0 Å². The van der Waals surface area contributed by atoms with Gasteiger partial charge in [-0.2, -0.15) is 0 Å². The summed E-state index contributed by atoms with van der Waals surface area (Å²) in [4.78, 5) is 1.34. The van der Waals surface area contributed by atoms with Gasteiger partial charge in [0.1, 0.15) is 0 Å². The Labute approximate surface area is 202 Å². The Morgan fingerprint density at radius 3 is 1.32 bits per heavy atom. The van der Waals surface area contributed by atoms with Crippen LogP contribution in [0.1, 0.15) is 61.3 Å². The first kappa shape index (κ1) is 31.6. The van der Waals surface area contributed by atoms with Gasteiger partial charge < -0.3 is 26.6 Å². The third kappa shape index (κ3) is 14.5. The van der Waals surface area contributed by atoms with Gasteiger partial charge in [-0.25, -0.2) is 0 Å². The van der Waals surface area contributed by atoms with Crippen LogP contribution in [0.4, 0.5) is 0 Å². The highest BCUT2D eigenvalue weighted by Crippen LogP contribution is 2.25.